The highest BCUT2D eigenvalue weighted by atomic mass is 16.6. The molecule has 0 saturated carbocycles. The van der Waals surface area contributed by atoms with E-state index in [0.717, 1.165) is 11.1 Å². The third-order valence-corrected chi connectivity index (χ3v) is 5.36. The molecule has 1 spiro atoms. The molecule has 2 fully saturated rings. The molecule has 2 aliphatic heterocycles. The van der Waals surface area contributed by atoms with Gasteiger partial charge in [0.15, 0.2) is 0 Å². The van der Waals surface area contributed by atoms with Gasteiger partial charge in [-0.1, -0.05) is 24.3 Å². The summed E-state index contributed by atoms with van der Waals surface area (Å²) in [7, 11) is 5.64. The summed E-state index contributed by atoms with van der Waals surface area (Å²) in [6.45, 7) is 3.90. The second-order valence-electron chi connectivity index (χ2n) is 7.46. The number of hydrogen-bond donors (Lipinski definition) is 0. The van der Waals surface area contributed by atoms with Crippen molar-refractivity contribution in [1.82, 2.24) is 14.7 Å². The number of piperidine rings is 1. The molecule has 2 amide bonds. The van der Waals surface area contributed by atoms with Gasteiger partial charge in [0, 0.05) is 33.0 Å². The van der Waals surface area contributed by atoms with E-state index in [1.165, 1.54) is 0 Å². The topological polar surface area (TPSA) is 53.1 Å². The molecule has 2 saturated heterocycles. The maximum atomic E-state index is 13.2. The van der Waals surface area contributed by atoms with E-state index in [9.17, 15) is 9.59 Å². The number of likely N-dealkylation sites (tertiary alicyclic amines) is 1. The second kappa shape index (κ2) is 6.67. The van der Waals surface area contributed by atoms with Crippen LogP contribution in [0, 0.1) is 6.92 Å². The van der Waals surface area contributed by atoms with Crippen LogP contribution in [-0.4, -0.2) is 73.1 Å². The van der Waals surface area contributed by atoms with Gasteiger partial charge in [0.05, 0.1) is 6.54 Å². The van der Waals surface area contributed by atoms with Gasteiger partial charge in [-0.3, -0.25) is 9.69 Å². The van der Waals surface area contributed by atoms with E-state index in [1.54, 1.807) is 11.9 Å². The average molecular weight is 345 g/mol. The first-order valence-corrected chi connectivity index (χ1v) is 8.78. The first kappa shape index (κ1) is 17.7. The lowest BCUT2D eigenvalue weighted by Crippen LogP contribution is -2.51. The van der Waals surface area contributed by atoms with E-state index < -0.39 is 5.60 Å². The summed E-state index contributed by atoms with van der Waals surface area (Å²) in [6, 6.07) is 7.75. The molecule has 136 valence electrons. The second-order valence-corrected chi connectivity index (χ2v) is 7.46. The van der Waals surface area contributed by atoms with Crippen molar-refractivity contribution >= 4 is 12.0 Å². The molecule has 1 atom stereocenters. The minimum absolute atomic E-state index is 0.117. The van der Waals surface area contributed by atoms with Crippen molar-refractivity contribution in [1.29, 1.82) is 0 Å². The summed E-state index contributed by atoms with van der Waals surface area (Å²) in [5.74, 6) is 0.117. The number of nitrogens with zero attached hydrogens (tertiary/aromatic N) is 3. The van der Waals surface area contributed by atoms with Gasteiger partial charge in [-0.25, -0.2) is 4.79 Å². The average Bonchev–Trinajstić information content (AvgIpc) is 2.83. The zero-order chi connectivity index (χ0) is 18.2. The van der Waals surface area contributed by atoms with Gasteiger partial charge >= 0.3 is 6.09 Å². The molecule has 0 unspecified atom stereocenters. The van der Waals surface area contributed by atoms with Crippen molar-refractivity contribution in [2.24, 2.45) is 0 Å². The summed E-state index contributed by atoms with van der Waals surface area (Å²) in [4.78, 5) is 30.4. The van der Waals surface area contributed by atoms with E-state index in [0.29, 0.717) is 32.5 Å². The van der Waals surface area contributed by atoms with Crippen LogP contribution in [0.1, 0.15) is 30.0 Å². The number of carbonyl (C=O) groups is 2. The quantitative estimate of drug-likeness (QED) is 0.841. The fourth-order valence-corrected chi connectivity index (χ4v) is 3.89. The molecular weight excluding hydrogens is 318 g/mol. The van der Waals surface area contributed by atoms with Crippen molar-refractivity contribution < 1.29 is 14.3 Å². The van der Waals surface area contributed by atoms with Crippen molar-refractivity contribution in [3.8, 4) is 0 Å². The first-order valence-electron chi connectivity index (χ1n) is 8.78. The molecule has 0 radical (unpaired) electrons. The summed E-state index contributed by atoms with van der Waals surface area (Å²) in [5.41, 5.74) is 1.75. The van der Waals surface area contributed by atoms with Crippen LogP contribution in [0.25, 0.3) is 0 Å². The zero-order valence-corrected chi connectivity index (χ0v) is 15.5. The van der Waals surface area contributed by atoms with Crippen LogP contribution in [0.4, 0.5) is 4.79 Å². The van der Waals surface area contributed by atoms with Crippen LogP contribution in [0.3, 0.4) is 0 Å². The molecule has 6 nitrogen and oxygen atoms in total. The molecule has 2 heterocycles. The Morgan fingerprint density at radius 2 is 1.88 bits per heavy atom. The van der Waals surface area contributed by atoms with E-state index in [4.69, 9.17) is 4.74 Å². The summed E-state index contributed by atoms with van der Waals surface area (Å²) in [6.07, 6.45) is 1.14. The van der Waals surface area contributed by atoms with Gasteiger partial charge in [0.1, 0.15) is 11.6 Å². The summed E-state index contributed by atoms with van der Waals surface area (Å²) >= 11 is 0. The number of hydrogen-bond acceptors (Lipinski definition) is 4. The van der Waals surface area contributed by atoms with Gasteiger partial charge in [-0.2, -0.15) is 0 Å². The largest absolute Gasteiger partial charge is 0.441 e. The molecule has 1 aromatic carbocycles. The Hall–Kier alpha value is -2.08. The molecule has 0 N–H and O–H groups in total. The lowest BCUT2D eigenvalue weighted by Gasteiger charge is -2.39. The summed E-state index contributed by atoms with van der Waals surface area (Å²) in [5, 5.41) is 0. The van der Waals surface area contributed by atoms with Gasteiger partial charge in [0.2, 0.25) is 5.91 Å². The van der Waals surface area contributed by atoms with Crippen LogP contribution in [-0.2, 0) is 9.53 Å². The van der Waals surface area contributed by atoms with Crippen LogP contribution in [0.5, 0.6) is 0 Å². The number of likely N-dealkylation sites (N-methyl/N-ethyl adjacent to an activating group) is 2. The van der Waals surface area contributed by atoms with Crippen LogP contribution < -0.4 is 0 Å². The Labute approximate surface area is 149 Å². The van der Waals surface area contributed by atoms with E-state index in [-0.39, 0.29) is 18.0 Å². The minimum atomic E-state index is -0.418. The standard InChI is InChI=1S/C19H27N3O3/c1-14-7-5-6-8-15(14)16(20(2)3)17(23)22-11-9-19(10-12-22)13-21(4)18(24)25-19/h5-8,16H,9-13H2,1-4H3/t16-/m0/s1. The molecular formula is C19H27N3O3. The predicted molar refractivity (Wildman–Crippen MR) is 95.3 cm³/mol. The molecule has 2 aliphatic rings. The number of ether oxygens (including phenoxy) is 1. The number of rotatable bonds is 3. The molecule has 6 heteroatoms. The Balaban J connectivity index is 1.73. The molecule has 0 bridgehead atoms. The molecule has 3 rings (SSSR count). The molecule has 0 aliphatic carbocycles. The monoisotopic (exact) mass is 345 g/mol. The molecule has 1 aromatic rings. The lowest BCUT2D eigenvalue weighted by molar-refractivity contribution is -0.139. The van der Waals surface area contributed by atoms with Gasteiger partial charge in [0.25, 0.3) is 0 Å². The van der Waals surface area contributed by atoms with Gasteiger partial charge in [-0.15, -0.1) is 0 Å². The fourth-order valence-electron chi connectivity index (χ4n) is 3.89. The third-order valence-electron chi connectivity index (χ3n) is 5.36. The molecule has 0 aromatic heterocycles. The number of aryl methyl sites for hydroxylation is 1. The normalized spacial score (nSPS) is 20.9. The SMILES string of the molecule is Cc1ccccc1[C@@H](C(=O)N1CCC2(CC1)CN(C)C(=O)O2)N(C)C. The number of benzene rings is 1. The van der Waals surface area contributed by atoms with Crippen LogP contribution in [0.15, 0.2) is 24.3 Å². The third kappa shape index (κ3) is 3.35. The van der Waals surface area contributed by atoms with Crippen molar-refractivity contribution in [2.75, 3.05) is 40.8 Å². The Morgan fingerprint density at radius 1 is 1.24 bits per heavy atom. The maximum Gasteiger partial charge on any atom is 0.410 e. The maximum absolute atomic E-state index is 13.2. The fraction of sp³-hybridized carbons (Fsp3) is 0.579. The zero-order valence-electron chi connectivity index (χ0n) is 15.5. The van der Waals surface area contributed by atoms with E-state index >= 15 is 0 Å². The van der Waals surface area contributed by atoms with Crippen molar-refractivity contribution in [3.63, 3.8) is 0 Å². The predicted octanol–water partition coefficient (Wildman–Crippen LogP) is 2.04. The Morgan fingerprint density at radius 3 is 2.40 bits per heavy atom. The van der Waals surface area contributed by atoms with Crippen molar-refractivity contribution in [3.05, 3.63) is 35.4 Å². The minimum Gasteiger partial charge on any atom is -0.441 e. The van der Waals surface area contributed by atoms with Crippen LogP contribution in [0.2, 0.25) is 0 Å². The van der Waals surface area contributed by atoms with Gasteiger partial charge < -0.3 is 14.5 Å². The van der Waals surface area contributed by atoms with Crippen molar-refractivity contribution in [2.45, 2.75) is 31.4 Å². The van der Waals surface area contributed by atoms with E-state index in [1.807, 2.05) is 55.1 Å². The molecule has 25 heavy (non-hydrogen) atoms. The van der Waals surface area contributed by atoms with E-state index in [2.05, 4.69) is 0 Å². The highest BCUT2D eigenvalue weighted by molar-refractivity contribution is 5.84. The smallest absolute Gasteiger partial charge is 0.410 e. The number of carbonyl (C=O) groups excluding carboxylic acids is 2. The lowest BCUT2D eigenvalue weighted by atomic mass is 9.90. The number of amides is 2. The first-order chi connectivity index (χ1) is 11.8. The highest BCUT2D eigenvalue weighted by Gasteiger charge is 2.46. The Kier molecular flexibility index (Phi) is 4.73. The summed E-state index contributed by atoms with van der Waals surface area (Å²) < 4.78 is 5.58. The van der Waals surface area contributed by atoms with Crippen LogP contribution >= 0.6 is 0 Å². The Bertz CT molecular complexity index is 666. The van der Waals surface area contributed by atoms with Gasteiger partial charge in [-0.05, 0) is 32.1 Å². The highest BCUT2D eigenvalue weighted by Crippen LogP contribution is 2.34.